The molecule has 6 heteroatoms. The minimum atomic E-state index is -0.944. The number of nitrogens with zero attached hydrogens (tertiary/aromatic N) is 1. The van der Waals surface area contributed by atoms with Gasteiger partial charge in [-0.2, -0.15) is 0 Å². The van der Waals surface area contributed by atoms with E-state index in [2.05, 4.69) is 5.32 Å². The molecule has 0 radical (unpaired) electrons. The van der Waals surface area contributed by atoms with E-state index in [1.165, 1.54) is 0 Å². The van der Waals surface area contributed by atoms with Gasteiger partial charge in [-0.15, -0.1) is 0 Å². The quantitative estimate of drug-likeness (QED) is 0.729. The number of nitrogens with one attached hydrogen (secondary N) is 1. The summed E-state index contributed by atoms with van der Waals surface area (Å²) in [5, 5.41) is 11.5. The Bertz CT molecular complexity index is 356. The van der Waals surface area contributed by atoms with Crippen LogP contribution in [-0.4, -0.2) is 46.9 Å². The van der Waals surface area contributed by atoms with Crippen molar-refractivity contribution in [1.29, 1.82) is 0 Å². The van der Waals surface area contributed by atoms with Crippen molar-refractivity contribution in [3.63, 3.8) is 0 Å². The molecule has 2 N–H and O–H groups in total. The van der Waals surface area contributed by atoms with Crippen molar-refractivity contribution >= 4 is 17.8 Å². The van der Waals surface area contributed by atoms with E-state index in [1.807, 2.05) is 6.92 Å². The molecular weight excluding hydrogens is 236 g/mol. The second-order valence-electron chi connectivity index (χ2n) is 4.76. The van der Waals surface area contributed by atoms with Gasteiger partial charge in [-0.1, -0.05) is 0 Å². The number of aliphatic carboxylic acids is 1. The SMILES string of the molecule is CCN1CC(C(=O)NC(C)C(C)C(=O)O)CC1=O. The van der Waals surface area contributed by atoms with E-state index >= 15 is 0 Å². The van der Waals surface area contributed by atoms with E-state index in [0.29, 0.717) is 13.1 Å². The minimum absolute atomic E-state index is 0.0170. The van der Waals surface area contributed by atoms with E-state index in [0.717, 1.165) is 0 Å². The van der Waals surface area contributed by atoms with E-state index in [1.54, 1.807) is 18.7 Å². The molecule has 1 saturated heterocycles. The lowest BCUT2D eigenvalue weighted by Gasteiger charge is -2.20. The Balaban J connectivity index is 2.52. The van der Waals surface area contributed by atoms with Crippen LogP contribution in [0.25, 0.3) is 0 Å². The molecule has 1 heterocycles. The molecule has 1 rings (SSSR count). The summed E-state index contributed by atoms with van der Waals surface area (Å²) in [5.74, 6) is -2.20. The minimum Gasteiger partial charge on any atom is -0.481 e. The van der Waals surface area contributed by atoms with Crippen molar-refractivity contribution in [2.45, 2.75) is 33.2 Å². The molecule has 0 aromatic rings. The van der Waals surface area contributed by atoms with Crippen LogP contribution in [0.4, 0.5) is 0 Å². The van der Waals surface area contributed by atoms with Crippen LogP contribution in [0.15, 0.2) is 0 Å². The van der Waals surface area contributed by atoms with Crippen LogP contribution in [-0.2, 0) is 14.4 Å². The molecular formula is C12H20N2O4. The summed E-state index contributed by atoms with van der Waals surface area (Å²) < 4.78 is 0. The van der Waals surface area contributed by atoms with Gasteiger partial charge < -0.3 is 15.3 Å². The first-order valence-corrected chi connectivity index (χ1v) is 6.17. The molecule has 0 aliphatic carbocycles. The Labute approximate surface area is 106 Å². The average Bonchev–Trinajstić information content (AvgIpc) is 2.69. The third-order valence-corrected chi connectivity index (χ3v) is 3.48. The fraction of sp³-hybridized carbons (Fsp3) is 0.750. The zero-order chi connectivity index (χ0) is 13.9. The molecule has 0 aromatic carbocycles. The lowest BCUT2D eigenvalue weighted by atomic mass is 10.0. The van der Waals surface area contributed by atoms with Crippen molar-refractivity contribution in [2.75, 3.05) is 13.1 Å². The number of likely N-dealkylation sites (tertiary alicyclic amines) is 1. The summed E-state index contributed by atoms with van der Waals surface area (Å²) in [6.45, 7) is 6.10. The molecule has 1 aliphatic rings. The van der Waals surface area contributed by atoms with Gasteiger partial charge in [-0.05, 0) is 20.8 Å². The Kier molecular flexibility index (Phi) is 4.69. The normalized spacial score (nSPS) is 22.7. The van der Waals surface area contributed by atoms with Crippen LogP contribution in [0.5, 0.6) is 0 Å². The standard InChI is InChI=1S/C12H20N2O4/c1-4-14-6-9(5-10(14)15)11(16)13-8(3)7(2)12(17)18/h7-9H,4-6H2,1-3H3,(H,13,16)(H,17,18). The molecule has 2 amide bonds. The highest BCUT2D eigenvalue weighted by atomic mass is 16.4. The first-order chi connectivity index (χ1) is 8.36. The molecule has 0 spiro atoms. The van der Waals surface area contributed by atoms with E-state index in [4.69, 9.17) is 5.11 Å². The maximum atomic E-state index is 11.9. The molecule has 0 saturated carbocycles. The van der Waals surface area contributed by atoms with Crippen LogP contribution >= 0.6 is 0 Å². The first-order valence-electron chi connectivity index (χ1n) is 6.17. The second kappa shape index (κ2) is 5.84. The maximum Gasteiger partial charge on any atom is 0.308 e. The molecule has 1 fully saturated rings. The number of carboxylic acids is 1. The van der Waals surface area contributed by atoms with Crippen LogP contribution in [0.2, 0.25) is 0 Å². The van der Waals surface area contributed by atoms with Crippen molar-refractivity contribution in [3.05, 3.63) is 0 Å². The molecule has 102 valence electrons. The largest absolute Gasteiger partial charge is 0.481 e. The maximum absolute atomic E-state index is 11.9. The molecule has 18 heavy (non-hydrogen) atoms. The van der Waals surface area contributed by atoms with Crippen LogP contribution in [0.3, 0.4) is 0 Å². The number of carbonyl (C=O) groups excluding carboxylic acids is 2. The number of rotatable bonds is 5. The van der Waals surface area contributed by atoms with Crippen molar-refractivity contribution in [2.24, 2.45) is 11.8 Å². The summed E-state index contributed by atoms with van der Waals surface area (Å²) in [4.78, 5) is 35.8. The zero-order valence-corrected chi connectivity index (χ0v) is 11.0. The topological polar surface area (TPSA) is 86.7 Å². The first kappa shape index (κ1) is 14.5. The van der Waals surface area contributed by atoms with Gasteiger partial charge in [0.2, 0.25) is 11.8 Å². The van der Waals surface area contributed by atoms with E-state index in [-0.39, 0.29) is 24.2 Å². The summed E-state index contributed by atoms with van der Waals surface area (Å²) in [7, 11) is 0. The summed E-state index contributed by atoms with van der Waals surface area (Å²) >= 11 is 0. The third-order valence-electron chi connectivity index (χ3n) is 3.48. The van der Waals surface area contributed by atoms with Gasteiger partial charge in [-0.3, -0.25) is 14.4 Å². The molecule has 3 unspecified atom stereocenters. The summed E-state index contributed by atoms with van der Waals surface area (Å²) in [6, 6.07) is -0.444. The van der Waals surface area contributed by atoms with Gasteiger partial charge in [-0.25, -0.2) is 0 Å². The van der Waals surface area contributed by atoms with Gasteiger partial charge in [0.1, 0.15) is 0 Å². The van der Waals surface area contributed by atoms with E-state index in [9.17, 15) is 14.4 Å². The van der Waals surface area contributed by atoms with Gasteiger partial charge in [0, 0.05) is 25.6 Å². The highest BCUT2D eigenvalue weighted by molar-refractivity contribution is 5.89. The van der Waals surface area contributed by atoms with Crippen LogP contribution < -0.4 is 5.32 Å². The van der Waals surface area contributed by atoms with E-state index < -0.39 is 17.9 Å². The zero-order valence-electron chi connectivity index (χ0n) is 11.0. The predicted molar refractivity (Wildman–Crippen MR) is 64.8 cm³/mol. The van der Waals surface area contributed by atoms with Gasteiger partial charge >= 0.3 is 5.97 Å². The summed E-state index contributed by atoms with van der Waals surface area (Å²) in [6.07, 6.45) is 0.216. The van der Waals surface area contributed by atoms with Crippen molar-refractivity contribution in [1.82, 2.24) is 10.2 Å². The Morgan fingerprint density at radius 1 is 1.50 bits per heavy atom. The fourth-order valence-electron chi connectivity index (χ4n) is 1.93. The molecule has 3 atom stereocenters. The van der Waals surface area contributed by atoms with Gasteiger partial charge in [0.25, 0.3) is 0 Å². The summed E-state index contributed by atoms with van der Waals surface area (Å²) in [5.41, 5.74) is 0. The highest BCUT2D eigenvalue weighted by Crippen LogP contribution is 2.18. The smallest absolute Gasteiger partial charge is 0.308 e. The monoisotopic (exact) mass is 256 g/mol. The fourth-order valence-corrected chi connectivity index (χ4v) is 1.93. The molecule has 6 nitrogen and oxygen atoms in total. The lowest BCUT2D eigenvalue weighted by molar-refractivity contribution is -0.142. The predicted octanol–water partition coefficient (Wildman–Crippen LogP) is 0.0802. The van der Waals surface area contributed by atoms with Gasteiger partial charge in [0.15, 0.2) is 0 Å². The van der Waals surface area contributed by atoms with Crippen LogP contribution in [0.1, 0.15) is 27.2 Å². The number of amides is 2. The number of hydrogen-bond donors (Lipinski definition) is 2. The van der Waals surface area contributed by atoms with Crippen LogP contribution in [0, 0.1) is 11.8 Å². The number of carbonyl (C=O) groups is 3. The Hall–Kier alpha value is -1.59. The molecule has 1 aliphatic heterocycles. The third kappa shape index (κ3) is 3.21. The van der Waals surface area contributed by atoms with Crippen molar-refractivity contribution in [3.8, 4) is 0 Å². The Morgan fingerprint density at radius 3 is 2.56 bits per heavy atom. The Morgan fingerprint density at radius 2 is 2.11 bits per heavy atom. The number of hydrogen-bond acceptors (Lipinski definition) is 3. The van der Waals surface area contributed by atoms with Gasteiger partial charge in [0.05, 0.1) is 11.8 Å². The molecule has 0 aromatic heterocycles. The average molecular weight is 256 g/mol. The lowest BCUT2D eigenvalue weighted by Crippen LogP contribution is -2.43. The molecule has 0 bridgehead atoms. The van der Waals surface area contributed by atoms with Crippen molar-refractivity contribution < 1.29 is 19.5 Å². The number of carboxylic acid groups (broad SMARTS) is 1. The highest BCUT2D eigenvalue weighted by Gasteiger charge is 2.34. The second-order valence-corrected chi connectivity index (χ2v) is 4.76.